The van der Waals surface area contributed by atoms with Crippen molar-refractivity contribution in [3.05, 3.63) is 35.5 Å². The van der Waals surface area contributed by atoms with Crippen LogP contribution in [-0.2, 0) is 7.05 Å². The van der Waals surface area contributed by atoms with Crippen LogP contribution in [0.25, 0.3) is 0 Å². The smallest absolute Gasteiger partial charge is 0.260 e. The second-order valence-electron chi connectivity index (χ2n) is 4.05. The molecule has 0 aliphatic heterocycles. The van der Waals surface area contributed by atoms with E-state index in [0.29, 0.717) is 16.4 Å². The van der Waals surface area contributed by atoms with Gasteiger partial charge in [0.05, 0.1) is 16.2 Å². The van der Waals surface area contributed by atoms with Crippen LogP contribution in [0.4, 0.5) is 5.82 Å². The summed E-state index contributed by atoms with van der Waals surface area (Å²) in [4.78, 5) is 12.7. The van der Waals surface area contributed by atoms with Crippen LogP contribution in [0.1, 0.15) is 16.1 Å². The van der Waals surface area contributed by atoms with Crippen LogP contribution in [0.2, 0.25) is 0 Å². The molecule has 0 aliphatic rings. The van der Waals surface area contributed by atoms with Crippen molar-refractivity contribution in [3.8, 4) is 11.2 Å². The molecule has 20 heavy (non-hydrogen) atoms. The number of benzene rings is 1. The lowest BCUT2D eigenvalue weighted by Gasteiger charge is -2.08. The van der Waals surface area contributed by atoms with Gasteiger partial charge in [-0.05, 0) is 30.8 Å². The Hall–Kier alpha value is -2.46. The van der Waals surface area contributed by atoms with Crippen molar-refractivity contribution >= 4 is 23.5 Å². The quantitative estimate of drug-likeness (QED) is 0.667. The number of aryl methyl sites for hydroxylation is 2. The molecule has 0 saturated heterocycles. The van der Waals surface area contributed by atoms with Gasteiger partial charge < -0.3 is 10.4 Å². The number of para-hydroxylation sites is 1. The molecule has 102 valence electrons. The number of carbonyl (C=O) groups is 1. The van der Waals surface area contributed by atoms with Crippen LogP contribution in [0.3, 0.4) is 0 Å². The zero-order chi connectivity index (χ0) is 14.7. The van der Waals surface area contributed by atoms with E-state index in [-0.39, 0.29) is 11.3 Å². The van der Waals surface area contributed by atoms with E-state index < -0.39 is 5.91 Å². The Kier molecular flexibility index (Phi) is 3.96. The van der Waals surface area contributed by atoms with Crippen LogP contribution >= 0.6 is 11.8 Å². The molecule has 0 saturated carbocycles. The van der Waals surface area contributed by atoms with Crippen molar-refractivity contribution in [3.63, 3.8) is 0 Å². The van der Waals surface area contributed by atoms with Crippen molar-refractivity contribution in [2.45, 2.75) is 11.8 Å². The lowest BCUT2D eigenvalue weighted by Crippen LogP contribution is -2.15. The summed E-state index contributed by atoms with van der Waals surface area (Å²) in [6.07, 6.45) is 0. The van der Waals surface area contributed by atoms with Gasteiger partial charge in [-0.15, -0.1) is 0 Å². The van der Waals surface area contributed by atoms with E-state index in [9.17, 15) is 9.90 Å². The Morgan fingerprint density at radius 1 is 1.50 bits per heavy atom. The number of hydrogen-bond acceptors (Lipinski definition) is 5. The summed E-state index contributed by atoms with van der Waals surface area (Å²) in [5.74, 6) is -0.119. The average molecular weight is 288 g/mol. The van der Waals surface area contributed by atoms with Gasteiger partial charge in [0.25, 0.3) is 5.91 Å². The molecule has 0 fully saturated rings. The van der Waals surface area contributed by atoms with E-state index in [2.05, 4.69) is 10.4 Å². The number of phenolic OH excluding ortho intramolecular Hbond substituents is 1. The van der Waals surface area contributed by atoms with Gasteiger partial charge in [-0.1, -0.05) is 12.1 Å². The predicted octanol–water partition coefficient (Wildman–Crippen LogP) is 2.26. The van der Waals surface area contributed by atoms with Gasteiger partial charge in [0, 0.05) is 7.05 Å². The maximum absolute atomic E-state index is 12.1. The van der Waals surface area contributed by atoms with Gasteiger partial charge in [0.2, 0.25) is 0 Å². The molecule has 0 bridgehead atoms. The predicted molar refractivity (Wildman–Crippen MR) is 75.5 cm³/mol. The van der Waals surface area contributed by atoms with Crippen molar-refractivity contribution in [1.82, 2.24) is 9.78 Å². The lowest BCUT2D eigenvalue weighted by molar-refractivity contribution is 0.102. The van der Waals surface area contributed by atoms with E-state index in [0.717, 1.165) is 11.8 Å². The first kappa shape index (κ1) is 14.0. The van der Waals surface area contributed by atoms with Gasteiger partial charge in [-0.25, -0.2) is 0 Å². The second-order valence-corrected chi connectivity index (χ2v) is 4.85. The minimum atomic E-state index is -0.453. The highest BCUT2D eigenvalue weighted by Crippen LogP contribution is 2.30. The Morgan fingerprint density at radius 2 is 2.20 bits per heavy atom. The molecule has 2 aromatic rings. The molecule has 7 heteroatoms. The Morgan fingerprint density at radius 3 is 2.85 bits per heavy atom. The van der Waals surface area contributed by atoms with Gasteiger partial charge in [-0.2, -0.15) is 10.4 Å². The first-order valence-electron chi connectivity index (χ1n) is 5.73. The number of rotatable bonds is 3. The lowest BCUT2D eigenvalue weighted by atomic mass is 10.2. The number of anilines is 1. The number of phenols is 1. The molecular formula is C13H12N4O2S. The van der Waals surface area contributed by atoms with Crippen LogP contribution in [0.15, 0.2) is 29.2 Å². The molecular weight excluding hydrogens is 276 g/mol. The molecule has 6 nitrogen and oxygen atoms in total. The monoisotopic (exact) mass is 288 g/mol. The third-order valence-corrected chi connectivity index (χ3v) is 3.48. The Balaban J connectivity index is 2.34. The van der Waals surface area contributed by atoms with E-state index in [1.807, 2.05) is 5.40 Å². The van der Waals surface area contributed by atoms with Gasteiger partial charge >= 0.3 is 0 Å². The fraction of sp³-hybridized carbons (Fsp3) is 0.154. The van der Waals surface area contributed by atoms with Crippen molar-refractivity contribution in [2.75, 3.05) is 5.32 Å². The highest BCUT2D eigenvalue weighted by Gasteiger charge is 2.18. The first-order valence-corrected chi connectivity index (χ1v) is 6.55. The van der Waals surface area contributed by atoms with Crippen LogP contribution in [0, 0.1) is 17.6 Å². The number of nitriles is 1. The first-order chi connectivity index (χ1) is 9.54. The molecule has 0 aliphatic carbocycles. The minimum Gasteiger partial charge on any atom is -0.507 e. The number of nitrogens with zero attached hydrogens (tertiary/aromatic N) is 3. The van der Waals surface area contributed by atoms with Gasteiger partial charge in [-0.3, -0.25) is 9.48 Å². The Bertz CT molecular complexity index is 703. The van der Waals surface area contributed by atoms with Crippen molar-refractivity contribution < 1.29 is 9.90 Å². The number of amides is 1. The van der Waals surface area contributed by atoms with Gasteiger partial charge in [0.1, 0.15) is 17.0 Å². The molecule has 1 heterocycles. The number of nitrogens with one attached hydrogen (secondary N) is 1. The normalized spacial score (nSPS) is 10.1. The van der Waals surface area contributed by atoms with E-state index in [4.69, 9.17) is 5.26 Å². The number of carbonyl (C=O) groups excluding carboxylic acids is 1. The summed E-state index contributed by atoms with van der Waals surface area (Å²) in [5.41, 5.74) is 0.825. The maximum atomic E-state index is 12.1. The van der Waals surface area contributed by atoms with Crippen molar-refractivity contribution in [1.29, 1.82) is 5.26 Å². The maximum Gasteiger partial charge on any atom is 0.260 e. The SMILES string of the molecule is Cc1nn(C)c(NC(=O)c2ccccc2O)c1SC#N. The summed E-state index contributed by atoms with van der Waals surface area (Å²) in [5, 5.41) is 27.3. The molecule has 0 spiro atoms. The second kappa shape index (κ2) is 5.67. The number of hydrogen-bond donors (Lipinski definition) is 2. The Labute approximate surface area is 120 Å². The molecule has 0 atom stereocenters. The highest BCUT2D eigenvalue weighted by atomic mass is 32.2. The summed E-state index contributed by atoms with van der Waals surface area (Å²) in [6, 6.07) is 6.25. The third kappa shape index (κ3) is 2.60. The molecule has 1 amide bonds. The summed E-state index contributed by atoms with van der Waals surface area (Å²) < 4.78 is 1.49. The molecule has 0 radical (unpaired) electrons. The molecule has 0 unspecified atom stereocenters. The number of aromatic hydroxyl groups is 1. The van der Waals surface area contributed by atoms with Crippen LogP contribution in [-0.4, -0.2) is 20.8 Å². The standard InChI is InChI=1S/C13H12N4O2S/c1-8-11(20-7-14)12(17(2)16-8)15-13(19)9-5-3-4-6-10(9)18/h3-6,18H,1-2H3,(H,15,19). The summed E-state index contributed by atoms with van der Waals surface area (Å²) >= 11 is 0.936. The molecule has 2 rings (SSSR count). The molecule has 2 N–H and O–H groups in total. The summed E-state index contributed by atoms with van der Waals surface area (Å²) in [7, 11) is 1.68. The van der Waals surface area contributed by atoms with E-state index in [1.54, 1.807) is 26.1 Å². The van der Waals surface area contributed by atoms with E-state index >= 15 is 0 Å². The zero-order valence-electron chi connectivity index (χ0n) is 10.9. The summed E-state index contributed by atoms with van der Waals surface area (Å²) in [6.45, 7) is 1.76. The third-order valence-electron chi connectivity index (χ3n) is 2.70. The fourth-order valence-electron chi connectivity index (χ4n) is 1.78. The highest BCUT2D eigenvalue weighted by molar-refractivity contribution is 8.03. The molecule has 1 aromatic heterocycles. The minimum absolute atomic E-state index is 0.0987. The van der Waals surface area contributed by atoms with Crippen LogP contribution in [0.5, 0.6) is 5.75 Å². The van der Waals surface area contributed by atoms with Crippen molar-refractivity contribution in [2.24, 2.45) is 7.05 Å². The largest absolute Gasteiger partial charge is 0.507 e. The zero-order valence-corrected chi connectivity index (χ0v) is 11.7. The average Bonchev–Trinajstić information content (AvgIpc) is 2.66. The van der Waals surface area contributed by atoms with E-state index in [1.165, 1.54) is 16.8 Å². The fourth-order valence-corrected chi connectivity index (χ4v) is 2.34. The number of aromatic nitrogens is 2. The number of thioether (sulfide) groups is 1. The van der Waals surface area contributed by atoms with Gasteiger partial charge in [0.15, 0.2) is 0 Å². The van der Waals surface area contributed by atoms with Crippen LogP contribution < -0.4 is 5.32 Å². The molecule has 1 aromatic carbocycles. The number of thiocyanates is 1. The topological polar surface area (TPSA) is 90.9 Å².